The summed E-state index contributed by atoms with van der Waals surface area (Å²) in [7, 11) is 5.19. The van der Waals surface area contributed by atoms with E-state index in [0.717, 1.165) is 5.56 Å². The van der Waals surface area contributed by atoms with Crippen LogP contribution in [0.5, 0.6) is 0 Å². The van der Waals surface area contributed by atoms with Crippen molar-refractivity contribution < 1.29 is 15.0 Å². The van der Waals surface area contributed by atoms with E-state index >= 15 is 0 Å². The molecular formula is C10H12BNO3. The number of rotatable bonds is 5. The quantitative estimate of drug-likeness (QED) is 0.578. The molecule has 0 spiro atoms. The Labute approximate surface area is 89.4 Å². The smallest absolute Gasteiger partial charge is 0.334 e. The average Bonchev–Trinajstić information content (AvgIpc) is 2.26. The maximum Gasteiger partial charge on any atom is 0.334 e. The first-order valence-corrected chi connectivity index (χ1v) is 4.56. The van der Waals surface area contributed by atoms with Crippen molar-refractivity contribution in [2.75, 3.05) is 0 Å². The second-order valence-electron chi connectivity index (χ2n) is 3.25. The average molecular weight is 205 g/mol. The van der Waals surface area contributed by atoms with Crippen LogP contribution in [0.2, 0.25) is 0 Å². The van der Waals surface area contributed by atoms with Crippen molar-refractivity contribution in [2.45, 2.75) is 18.6 Å². The lowest BCUT2D eigenvalue weighted by Gasteiger charge is -2.19. The maximum atomic E-state index is 10.5. The van der Waals surface area contributed by atoms with Crippen LogP contribution in [-0.4, -0.2) is 36.3 Å². The highest BCUT2D eigenvalue weighted by atomic mass is 16.4. The first kappa shape index (κ1) is 11.7. The molecule has 15 heavy (non-hydrogen) atoms. The standard InChI is InChI=1S/C10H12BNO3/c11-12-8(9(13)10(14)15)6-7-4-2-1-3-5-7/h1-5,8-9,12-13H,6H2,(H,14,15). The van der Waals surface area contributed by atoms with Crippen LogP contribution in [0.15, 0.2) is 30.3 Å². The number of hydrogen-bond donors (Lipinski definition) is 3. The zero-order valence-electron chi connectivity index (χ0n) is 8.13. The van der Waals surface area contributed by atoms with Crippen LogP contribution < -0.4 is 5.23 Å². The van der Waals surface area contributed by atoms with Crippen molar-refractivity contribution in [1.82, 2.24) is 5.23 Å². The second-order valence-corrected chi connectivity index (χ2v) is 3.25. The molecule has 78 valence electrons. The lowest BCUT2D eigenvalue weighted by molar-refractivity contribution is -0.147. The van der Waals surface area contributed by atoms with Crippen molar-refractivity contribution in [3.8, 4) is 0 Å². The molecule has 0 aliphatic carbocycles. The molecule has 3 N–H and O–H groups in total. The Bertz CT molecular complexity index is 318. The molecule has 1 rings (SSSR count). The number of carboxylic acids is 1. The fraction of sp³-hybridized carbons (Fsp3) is 0.300. The van der Waals surface area contributed by atoms with Crippen molar-refractivity contribution in [1.29, 1.82) is 0 Å². The zero-order chi connectivity index (χ0) is 11.3. The van der Waals surface area contributed by atoms with Gasteiger partial charge in [-0.05, 0) is 12.0 Å². The Balaban J connectivity index is 2.66. The molecule has 0 fully saturated rings. The lowest BCUT2D eigenvalue weighted by Crippen LogP contribution is -2.44. The molecule has 1 aromatic carbocycles. The van der Waals surface area contributed by atoms with Crippen molar-refractivity contribution in [3.63, 3.8) is 0 Å². The monoisotopic (exact) mass is 205 g/mol. The van der Waals surface area contributed by atoms with Gasteiger partial charge in [-0.3, -0.25) is 0 Å². The van der Waals surface area contributed by atoms with E-state index in [1.54, 1.807) is 0 Å². The maximum absolute atomic E-state index is 10.5. The van der Waals surface area contributed by atoms with Gasteiger partial charge in [0.05, 0.1) is 0 Å². The predicted molar refractivity (Wildman–Crippen MR) is 56.5 cm³/mol. The molecular weight excluding hydrogens is 193 g/mol. The Morgan fingerprint density at radius 2 is 2.00 bits per heavy atom. The summed E-state index contributed by atoms with van der Waals surface area (Å²) in [5.74, 6) is -1.28. The van der Waals surface area contributed by atoms with E-state index in [0.29, 0.717) is 6.42 Å². The molecule has 4 nitrogen and oxygen atoms in total. The van der Waals surface area contributed by atoms with Gasteiger partial charge in [0.25, 0.3) is 0 Å². The summed E-state index contributed by atoms with van der Waals surface area (Å²) in [4.78, 5) is 10.5. The summed E-state index contributed by atoms with van der Waals surface area (Å²) in [6.45, 7) is 0. The van der Waals surface area contributed by atoms with Gasteiger partial charge in [0.2, 0.25) is 0 Å². The van der Waals surface area contributed by atoms with Gasteiger partial charge < -0.3 is 15.4 Å². The van der Waals surface area contributed by atoms with Crippen LogP contribution in [0, 0.1) is 0 Å². The molecule has 0 aliphatic rings. The minimum atomic E-state index is -1.50. The summed E-state index contributed by atoms with van der Waals surface area (Å²) in [6, 6.07) is 8.55. The molecule has 0 amide bonds. The number of carbonyl (C=O) groups is 1. The van der Waals surface area contributed by atoms with Crippen LogP contribution in [0.4, 0.5) is 0 Å². The third kappa shape index (κ3) is 3.38. The van der Waals surface area contributed by atoms with Crippen molar-refractivity contribution in [2.24, 2.45) is 0 Å². The molecule has 2 atom stereocenters. The molecule has 2 radical (unpaired) electrons. The van der Waals surface area contributed by atoms with Gasteiger partial charge in [-0.1, -0.05) is 30.3 Å². The number of aliphatic carboxylic acids is 1. The van der Waals surface area contributed by atoms with Crippen LogP contribution >= 0.6 is 0 Å². The van der Waals surface area contributed by atoms with Gasteiger partial charge in [0.15, 0.2) is 14.1 Å². The summed E-state index contributed by atoms with van der Waals surface area (Å²) in [5.41, 5.74) is 0.917. The van der Waals surface area contributed by atoms with E-state index in [1.165, 1.54) is 0 Å². The largest absolute Gasteiger partial charge is 0.479 e. The van der Waals surface area contributed by atoms with E-state index in [4.69, 9.17) is 13.1 Å². The lowest BCUT2D eigenvalue weighted by atomic mass is 10.00. The molecule has 0 saturated carbocycles. The highest BCUT2D eigenvalue weighted by Crippen LogP contribution is 2.06. The Kier molecular flexibility index (Phi) is 4.33. The van der Waals surface area contributed by atoms with E-state index in [-0.39, 0.29) is 0 Å². The molecule has 0 heterocycles. The first-order chi connectivity index (χ1) is 7.15. The minimum Gasteiger partial charge on any atom is -0.479 e. The van der Waals surface area contributed by atoms with Crippen LogP contribution in [0.3, 0.4) is 0 Å². The number of nitrogens with one attached hydrogen (secondary N) is 1. The van der Waals surface area contributed by atoms with E-state index in [9.17, 15) is 9.90 Å². The third-order valence-electron chi connectivity index (χ3n) is 2.15. The molecule has 1 aromatic rings. The highest BCUT2D eigenvalue weighted by Gasteiger charge is 2.23. The van der Waals surface area contributed by atoms with Gasteiger partial charge >= 0.3 is 5.97 Å². The number of aliphatic hydroxyl groups excluding tert-OH is 1. The minimum absolute atomic E-state index is 0.366. The molecule has 0 saturated heterocycles. The van der Waals surface area contributed by atoms with E-state index in [1.807, 2.05) is 30.3 Å². The molecule has 2 unspecified atom stereocenters. The number of benzene rings is 1. The zero-order valence-corrected chi connectivity index (χ0v) is 8.13. The normalized spacial score (nSPS) is 14.5. The van der Waals surface area contributed by atoms with E-state index in [2.05, 4.69) is 5.23 Å². The SMILES string of the molecule is [B]NC(Cc1ccccc1)C(O)C(=O)O. The van der Waals surface area contributed by atoms with E-state index < -0.39 is 18.1 Å². The topological polar surface area (TPSA) is 69.6 Å². The fourth-order valence-electron chi connectivity index (χ4n) is 1.30. The van der Waals surface area contributed by atoms with Gasteiger partial charge in [-0.25, -0.2) is 4.79 Å². The molecule has 0 aromatic heterocycles. The number of carboxylic acid groups (broad SMARTS) is 1. The Morgan fingerprint density at radius 3 is 2.47 bits per heavy atom. The van der Waals surface area contributed by atoms with Crippen LogP contribution in [0.25, 0.3) is 0 Å². The van der Waals surface area contributed by atoms with Gasteiger partial charge in [0.1, 0.15) is 0 Å². The van der Waals surface area contributed by atoms with Crippen molar-refractivity contribution >= 4 is 14.0 Å². The fourth-order valence-corrected chi connectivity index (χ4v) is 1.30. The molecule has 0 aliphatic heterocycles. The Morgan fingerprint density at radius 1 is 1.40 bits per heavy atom. The summed E-state index contributed by atoms with van der Waals surface area (Å²) in [5, 5.41) is 20.2. The number of aliphatic hydroxyl groups is 1. The molecule has 0 bridgehead atoms. The van der Waals surface area contributed by atoms with Gasteiger partial charge in [-0.2, -0.15) is 0 Å². The van der Waals surface area contributed by atoms with Crippen LogP contribution in [-0.2, 0) is 11.2 Å². The third-order valence-corrected chi connectivity index (χ3v) is 2.15. The summed E-state index contributed by atoms with van der Waals surface area (Å²) < 4.78 is 0. The summed E-state index contributed by atoms with van der Waals surface area (Å²) >= 11 is 0. The second kappa shape index (κ2) is 5.53. The van der Waals surface area contributed by atoms with Gasteiger partial charge in [-0.15, -0.1) is 0 Å². The first-order valence-electron chi connectivity index (χ1n) is 4.56. The van der Waals surface area contributed by atoms with Gasteiger partial charge in [0, 0.05) is 6.04 Å². The molecule has 5 heteroatoms. The number of hydrogen-bond acceptors (Lipinski definition) is 3. The van der Waals surface area contributed by atoms with Crippen molar-refractivity contribution in [3.05, 3.63) is 35.9 Å². The predicted octanol–water partition coefficient (Wildman–Crippen LogP) is -0.284. The summed E-state index contributed by atoms with van der Waals surface area (Å²) in [6.07, 6.45) is -1.14. The highest BCUT2D eigenvalue weighted by molar-refractivity contribution is 6.04. The van der Waals surface area contributed by atoms with Crippen LogP contribution in [0.1, 0.15) is 5.56 Å². The Hall–Kier alpha value is -1.33.